The Hall–Kier alpha value is -1.24. The zero-order valence-corrected chi connectivity index (χ0v) is 15.0. The molecule has 126 valence electrons. The van der Waals surface area contributed by atoms with Gasteiger partial charge >= 0.3 is 0 Å². The van der Waals surface area contributed by atoms with Gasteiger partial charge in [0.25, 0.3) is 0 Å². The molecule has 0 spiro atoms. The third-order valence-corrected chi connectivity index (χ3v) is 7.66. The highest BCUT2D eigenvalue weighted by molar-refractivity contribution is 7.16. The molecule has 4 saturated carbocycles. The normalized spacial score (nSPS) is 36.9. The second kappa shape index (κ2) is 5.13. The number of hydrogen-bond donors (Lipinski definition) is 2. The molecule has 4 aliphatic carbocycles. The van der Waals surface area contributed by atoms with Crippen molar-refractivity contribution in [3.8, 4) is 10.6 Å². The zero-order chi connectivity index (χ0) is 16.4. The molecule has 1 amide bonds. The quantitative estimate of drug-likeness (QED) is 0.865. The topological polar surface area (TPSA) is 62.2 Å². The lowest BCUT2D eigenvalue weighted by molar-refractivity contribution is -0.174. The van der Waals surface area contributed by atoms with Crippen molar-refractivity contribution in [3.63, 3.8) is 0 Å². The van der Waals surface area contributed by atoms with Crippen molar-refractivity contribution in [2.24, 2.45) is 17.3 Å². The molecule has 0 saturated heterocycles. The van der Waals surface area contributed by atoms with Crippen LogP contribution >= 0.6 is 22.7 Å². The molecule has 6 heteroatoms. The molecule has 4 nitrogen and oxygen atoms in total. The molecule has 2 unspecified atom stereocenters. The van der Waals surface area contributed by atoms with Gasteiger partial charge in [0, 0.05) is 5.38 Å². The lowest BCUT2D eigenvalue weighted by Crippen LogP contribution is -2.59. The van der Waals surface area contributed by atoms with Gasteiger partial charge in [-0.1, -0.05) is 6.07 Å². The number of carbonyl (C=O) groups excluding carboxylic acids is 1. The van der Waals surface area contributed by atoms with Gasteiger partial charge in [0.05, 0.1) is 21.6 Å². The van der Waals surface area contributed by atoms with E-state index in [1.165, 1.54) is 17.8 Å². The summed E-state index contributed by atoms with van der Waals surface area (Å²) in [5.74, 6) is 1.10. The van der Waals surface area contributed by atoms with Gasteiger partial charge in [0.15, 0.2) is 5.13 Å². The SMILES string of the molecule is O=C(Nc1nc(-c2cccs2)cs1)C12C[C@@H]3C[C@@H](CC(O)(C3)C1)C2. The van der Waals surface area contributed by atoms with E-state index in [0.717, 1.165) is 36.3 Å². The number of aromatic nitrogens is 1. The zero-order valence-electron chi connectivity index (χ0n) is 13.3. The first-order valence-corrected chi connectivity index (χ1v) is 10.3. The fraction of sp³-hybridized carbons (Fsp3) is 0.556. The van der Waals surface area contributed by atoms with Gasteiger partial charge in [0.1, 0.15) is 0 Å². The predicted octanol–water partition coefficient (Wildman–Crippen LogP) is 4.14. The monoisotopic (exact) mass is 360 g/mol. The van der Waals surface area contributed by atoms with Crippen molar-refractivity contribution in [3.05, 3.63) is 22.9 Å². The molecule has 4 atom stereocenters. The van der Waals surface area contributed by atoms with Crippen LogP contribution < -0.4 is 5.32 Å². The molecule has 0 aliphatic heterocycles. The van der Waals surface area contributed by atoms with Crippen LogP contribution in [0.2, 0.25) is 0 Å². The number of thiophene rings is 1. The molecular formula is C18H20N2O2S2. The molecule has 24 heavy (non-hydrogen) atoms. The van der Waals surface area contributed by atoms with Gasteiger partial charge in [-0.3, -0.25) is 4.79 Å². The number of carbonyl (C=O) groups is 1. The van der Waals surface area contributed by atoms with Gasteiger partial charge in [0.2, 0.25) is 5.91 Å². The van der Waals surface area contributed by atoms with Crippen molar-refractivity contribution in [1.29, 1.82) is 0 Å². The smallest absolute Gasteiger partial charge is 0.232 e. The summed E-state index contributed by atoms with van der Waals surface area (Å²) in [6.07, 6.45) is 5.46. The maximum atomic E-state index is 13.1. The summed E-state index contributed by atoms with van der Waals surface area (Å²) in [6, 6.07) is 4.05. The minimum absolute atomic E-state index is 0.0714. The van der Waals surface area contributed by atoms with Gasteiger partial charge < -0.3 is 10.4 Å². The van der Waals surface area contributed by atoms with E-state index in [-0.39, 0.29) is 11.3 Å². The number of rotatable bonds is 3. The Kier molecular flexibility index (Phi) is 3.22. The highest BCUT2D eigenvalue weighted by Crippen LogP contribution is 2.61. The highest BCUT2D eigenvalue weighted by atomic mass is 32.1. The van der Waals surface area contributed by atoms with Crippen LogP contribution in [0, 0.1) is 17.3 Å². The fourth-order valence-corrected chi connectivity index (χ4v) is 7.04. The molecule has 2 N–H and O–H groups in total. The lowest BCUT2D eigenvalue weighted by Gasteiger charge is -2.59. The fourth-order valence-electron chi connectivity index (χ4n) is 5.58. The van der Waals surface area contributed by atoms with Crippen LogP contribution in [0.15, 0.2) is 22.9 Å². The van der Waals surface area contributed by atoms with Crippen LogP contribution in [0.3, 0.4) is 0 Å². The van der Waals surface area contributed by atoms with E-state index in [1.54, 1.807) is 11.3 Å². The first-order valence-electron chi connectivity index (χ1n) is 8.57. The standard InChI is InChI=1S/C18H20N2O2S2/c21-15(20-16-19-13(9-24-16)14-2-1-3-23-14)17-5-11-4-12(6-17)8-18(22,7-11)10-17/h1-3,9,11-12,22H,4-8,10H2,(H,19,20,21)/t11-,12+,17?,18?. The lowest BCUT2D eigenvalue weighted by atomic mass is 9.47. The summed E-state index contributed by atoms with van der Waals surface area (Å²) < 4.78 is 0. The van der Waals surface area contributed by atoms with E-state index >= 15 is 0 Å². The van der Waals surface area contributed by atoms with Crippen LogP contribution in [0.25, 0.3) is 10.6 Å². The number of amides is 1. The minimum Gasteiger partial charge on any atom is -0.390 e. The van der Waals surface area contributed by atoms with E-state index in [2.05, 4.69) is 10.3 Å². The van der Waals surface area contributed by atoms with Crippen LogP contribution in [0.1, 0.15) is 38.5 Å². The van der Waals surface area contributed by atoms with Gasteiger partial charge in [-0.2, -0.15) is 0 Å². The van der Waals surface area contributed by atoms with E-state index in [1.807, 2.05) is 22.9 Å². The summed E-state index contributed by atoms with van der Waals surface area (Å²) in [6.45, 7) is 0. The third kappa shape index (κ3) is 2.35. The Morgan fingerprint density at radius 1 is 1.25 bits per heavy atom. The average molecular weight is 361 g/mol. The summed E-state index contributed by atoms with van der Waals surface area (Å²) in [5, 5.41) is 18.6. The first-order chi connectivity index (χ1) is 11.5. The maximum Gasteiger partial charge on any atom is 0.232 e. The van der Waals surface area contributed by atoms with Crippen LogP contribution in [-0.4, -0.2) is 21.6 Å². The minimum atomic E-state index is -0.605. The van der Waals surface area contributed by atoms with Crippen molar-refractivity contribution in [2.75, 3.05) is 5.32 Å². The summed E-state index contributed by atoms with van der Waals surface area (Å²) in [4.78, 5) is 18.7. The molecule has 2 aromatic heterocycles. The average Bonchev–Trinajstić information content (AvgIpc) is 3.14. The van der Waals surface area contributed by atoms with Crippen molar-refractivity contribution in [2.45, 2.75) is 44.1 Å². The van der Waals surface area contributed by atoms with Gasteiger partial charge in [-0.15, -0.1) is 22.7 Å². The Morgan fingerprint density at radius 2 is 2.04 bits per heavy atom. The molecule has 2 heterocycles. The number of nitrogens with one attached hydrogen (secondary N) is 1. The Labute approximate surface area is 148 Å². The largest absolute Gasteiger partial charge is 0.390 e. The number of thiazole rings is 1. The molecule has 0 aromatic carbocycles. The van der Waals surface area contributed by atoms with Gasteiger partial charge in [-0.05, 0) is 61.8 Å². The molecule has 2 aromatic rings. The van der Waals surface area contributed by atoms with Crippen LogP contribution in [0.5, 0.6) is 0 Å². The molecule has 4 aliphatic rings. The van der Waals surface area contributed by atoms with Crippen molar-refractivity contribution >= 4 is 33.7 Å². The number of anilines is 1. The van der Waals surface area contributed by atoms with Gasteiger partial charge in [-0.25, -0.2) is 4.98 Å². The van der Waals surface area contributed by atoms with Crippen LogP contribution in [0.4, 0.5) is 5.13 Å². The summed E-state index contributed by atoms with van der Waals surface area (Å²) >= 11 is 3.13. The molecule has 6 rings (SSSR count). The highest BCUT2D eigenvalue weighted by Gasteiger charge is 2.60. The Morgan fingerprint density at radius 3 is 2.71 bits per heavy atom. The second-order valence-corrected chi connectivity index (χ2v) is 9.74. The third-order valence-electron chi connectivity index (χ3n) is 6.01. The summed E-state index contributed by atoms with van der Waals surface area (Å²) in [7, 11) is 0. The maximum absolute atomic E-state index is 13.1. The molecule has 0 radical (unpaired) electrons. The van der Waals surface area contributed by atoms with E-state index in [4.69, 9.17) is 0 Å². The second-order valence-electron chi connectivity index (χ2n) is 7.94. The van der Waals surface area contributed by atoms with E-state index in [9.17, 15) is 9.90 Å². The number of nitrogens with zero attached hydrogens (tertiary/aromatic N) is 1. The van der Waals surface area contributed by atoms with Crippen LogP contribution in [-0.2, 0) is 4.79 Å². The molecular weight excluding hydrogens is 340 g/mol. The molecule has 4 fully saturated rings. The predicted molar refractivity (Wildman–Crippen MR) is 96.1 cm³/mol. The Bertz CT molecular complexity index is 769. The van der Waals surface area contributed by atoms with Crippen molar-refractivity contribution in [1.82, 2.24) is 4.98 Å². The molecule has 4 bridgehead atoms. The first kappa shape index (κ1) is 15.0. The van der Waals surface area contributed by atoms with E-state index in [0.29, 0.717) is 23.4 Å². The summed E-state index contributed by atoms with van der Waals surface area (Å²) in [5.41, 5.74) is -0.0607. The van der Waals surface area contributed by atoms with Crippen molar-refractivity contribution < 1.29 is 9.90 Å². The number of aliphatic hydroxyl groups is 1. The Balaban J connectivity index is 1.37. The number of hydrogen-bond acceptors (Lipinski definition) is 5. The van der Waals surface area contributed by atoms with E-state index < -0.39 is 5.60 Å².